The summed E-state index contributed by atoms with van der Waals surface area (Å²) in [6.45, 7) is 6.88. The van der Waals surface area contributed by atoms with Crippen LogP contribution in [-0.4, -0.2) is 31.8 Å². The first-order valence-electron chi connectivity index (χ1n) is 6.47. The highest BCUT2D eigenvalue weighted by molar-refractivity contribution is 9.10. The van der Waals surface area contributed by atoms with Crippen LogP contribution in [0.4, 0.5) is 5.69 Å². The summed E-state index contributed by atoms with van der Waals surface area (Å²) >= 11 is 3.54. The van der Waals surface area contributed by atoms with E-state index in [-0.39, 0.29) is 6.04 Å². The molecule has 1 heterocycles. The van der Waals surface area contributed by atoms with Gasteiger partial charge in [-0.05, 0) is 44.0 Å². The number of benzene rings is 1. The molecule has 3 nitrogen and oxygen atoms in total. The largest absolute Gasteiger partial charge is 0.375 e. The monoisotopic (exact) mass is 312 g/mol. The van der Waals surface area contributed by atoms with Gasteiger partial charge in [0.1, 0.15) is 0 Å². The van der Waals surface area contributed by atoms with Crippen molar-refractivity contribution < 1.29 is 4.74 Å². The maximum Gasteiger partial charge on any atom is 0.0722 e. The first-order valence-corrected chi connectivity index (χ1v) is 7.26. The van der Waals surface area contributed by atoms with Gasteiger partial charge in [-0.25, -0.2) is 0 Å². The predicted molar refractivity (Wildman–Crippen MR) is 79.1 cm³/mol. The standard InChI is InChI=1S/C14H21BrN2O/c1-10(16)7-12-8-13(15)3-4-14(12)17-5-6-18-11(2)9-17/h3-4,8,10-11H,5-7,9,16H2,1-2H3. The van der Waals surface area contributed by atoms with E-state index in [1.807, 2.05) is 6.92 Å². The van der Waals surface area contributed by atoms with E-state index in [0.29, 0.717) is 6.10 Å². The average molecular weight is 313 g/mol. The Labute approximate surface area is 117 Å². The summed E-state index contributed by atoms with van der Waals surface area (Å²) in [7, 11) is 0. The molecule has 0 spiro atoms. The van der Waals surface area contributed by atoms with Crippen molar-refractivity contribution >= 4 is 21.6 Å². The molecule has 2 atom stereocenters. The van der Waals surface area contributed by atoms with Gasteiger partial charge in [0, 0.05) is 29.3 Å². The van der Waals surface area contributed by atoms with Gasteiger partial charge in [0.2, 0.25) is 0 Å². The van der Waals surface area contributed by atoms with E-state index in [0.717, 1.165) is 30.6 Å². The molecule has 0 bridgehead atoms. The molecule has 2 rings (SSSR count). The van der Waals surface area contributed by atoms with Crippen molar-refractivity contribution in [1.82, 2.24) is 0 Å². The predicted octanol–water partition coefficient (Wildman–Crippen LogP) is 2.56. The molecule has 1 aliphatic heterocycles. The molecule has 1 aliphatic rings. The lowest BCUT2D eigenvalue weighted by Gasteiger charge is -2.34. The molecule has 1 fully saturated rings. The van der Waals surface area contributed by atoms with Crippen LogP contribution >= 0.6 is 15.9 Å². The van der Waals surface area contributed by atoms with Crippen LogP contribution < -0.4 is 10.6 Å². The second kappa shape index (κ2) is 6.04. The van der Waals surface area contributed by atoms with Crippen LogP contribution in [0.5, 0.6) is 0 Å². The minimum atomic E-state index is 0.177. The number of hydrogen-bond acceptors (Lipinski definition) is 3. The van der Waals surface area contributed by atoms with E-state index in [4.69, 9.17) is 10.5 Å². The van der Waals surface area contributed by atoms with Crippen LogP contribution in [0.1, 0.15) is 19.4 Å². The van der Waals surface area contributed by atoms with Crippen molar-refractivity contribution in [2.45, 2.75) is 32.4 Å². The average Bonchev–Trinajstić information content (AvgIpc) is 2.28. The highest BCUT2D eigenvalue weighted by Gasteiger charge is 2.19. The lowest BCUT2D eigenvalue weighted by Crippen LogP contribution is -2.41. The van der Waals surface area contributed by atoms with Crippen molar-refractivity contribution in [2.75, 3.05) is 24.6 Å². The van der Waals surface area contributed by atoms with Gasteiger partial charge in [-0.3, -0.25) is 0 Å². The van der Waals surface area contributed by atoms with Crippen LogP contribution in [0.2, 0.25) is 0 Å². The minimum Gasteiger partial charge on any atom is -0.375 e. The fourth-order valence-corrected chi connectivity index (χ4v) is 2.82. The number of morpholine rings is 1. The summed E-state index contributed by atoms with van der Waals surface area (Å²) in [4.78, 5) is 2.40. The van der Waals surface area contributed by atoms with Crippen LogP contribution in [-0.2, 0) is 11.2 Å². The first kappa shape index (κ1) is 13.8. The molecular formula is C14H21BrN2O. The quantitative estimate of drug-likeness (QED) is 0.932. The summed E-state index contributed by atoms with van der Waals surface area (Å²) in [5.41, 5.74) is 8.55. The number of nitrogens with two attached hydrogens (primary N) is 1. The highest BCUT2D eigenvalue weighted by atomic mass is 79.9. The molecule has 0 aliphatic carbocycles. The Morgan fingerprint density at radius 2 is 2.33 bits per heavy atom. The van der Waals surface area contributed by atoms with E-state index in [9.17, 15) is 0 Å². The summed E-state index contributed by atoms with van der Waals surface area (Å²) < 4.78 is 6.71. The van der Waals surface area contributed by atoms with Gasteiger partial charge in [0.05, 0.1) is 12.7 Å². The molecular weight excluding hydrogens is 292 g/mol. The third-order valence-corrected chi connectivity index (χ3v) is 3.66. The Balaban J connectivity index is 2.25. The fraction of sp³-hybridized carbons (Fsp3) is 0.571. The van der Waals surface area contributed by atoms with E-state index < -0.39 is 0 Å². The number of anilines is 1. The lowest BCUT2D eigenvalue weighted by atomic mass is 10.0. The fourth-order valence-electron chi connectivity index (χ4n) is 2.41. The van der Waals surface area contributed by atoms with Crippen molar-refractivity contribution in [3.05, 3.63) is 28.2 Å². The molecule has 0 aromatic heterocycles. The van der Waals surface area contributed by atoms with E-state index in [1.165, 1.54) is 11.3 Å². The summed E-state index contributed by atoms with van der Waals surface area (Å²) in [5.74, 6) is 0. The molecule has 2 N–H and O–H groups in total. The van der Waals surface area contributed by atoms with Crippen molar-refractivity contribution in [3.63, 3.8) is 0 Å². The zero-order valence-corrected chi connectivity index (χ0v) is 12.6. The van der Waals surface area contributed by atoms with Gasteiger partial charge in [-0.1, -0.05) is 15.9 Å². The molecule has 0 saturated carbocycles. The van der Waals surface area contributed by atoms with Crippen molar-refractivity contribution in [1.29, 1.82) is 0 Å². The number of halogens is 1. The smallest absolute Gasteiger partial charge is 0.0722 e. The summed E-state index contributed by atoms with van der Waals surface area (Å²) in [6, 6.07) is 6.63. The third kappa shape index (κ3) is 3.46. The molecule has 1 saturated heterocycles. The molecule has 100 valence electrons. The van der Waals surface area contributed by atoms with Crippen LogP contribution in [0, 0.1) is 0 Å². The van der Waals surface area contributed by atoms with E-state index >= 15 is 0 Å². The molecule has 0 radical (unpaired) electrons. The second-order valence-electron chi connectivity index (χ2n) is 5.08. The van der Waals surface area contributed by atoms with Crippen LogP contribution in [0.15, 0.2) is 22.7 Å². The molecule has 2 unspecified atom stereocenters. The Morgan fingerprint density at radius 1 is 1.56 bits per heavy atom. The third-order valence-electron chi connectivity index (χ3n) is 3.17. The molecule has 18 heavy (non-hydrogen) atoms. The first-order chi connectivity index (χ1) is 8.56. The highest BCUT2D eigenvalue weighted by Crippen LogP contribution is 2.27. The van der Waals surface area contributed by atoms with Gasteiger partial charge in [0.25, 0.3) is 0 Å². The summed E-state index contributed by atoms with van der Waals surface area (Å²) in [6.07, 6.45) is 1.20. The minimum absolute atomic E-state index is 0.177. The van der Waals surface area contributed by atoms with Gasteiger partial charge >= 0.3 is 0 Å². The van der Waals surface area contributed by atoms with Gasteiger partial charge in [-0.15, -0.1) is 0 Å². The Bertz CT molecular complexity index is 409. The summed E-state index contributed by atoms with van der Waals surface area (Å²) in [5, 5.41) is 0. The van der Waals surface area contributed by atoms with E-state index in [1.54, 1.807) is 0 Å². The van der Waals surface area contributed by atoms with Gasteiger partial charge in [-0.2, -0.15) is 0 Å². The molecule has 1 aromatic rings. The molecule has 1 aromatic carbocycles. The van der Waals surface area contributed by atoms with Crippen LogP contribution in [0.25, 0.3) is 0 Å². The van der Waals surface area contributed by atoms with Gasteiger partial charge < -0.3 is 15.4 Å². The zero-order chi connectivity index (χ0) is 13.1. The molecule has 0 amide bonds. The number of rotatable bonds is 3. The number of nitrogens with zero attached hydrogens (tertiary/aromatic N) is 1. The SMILES string of the molecule is CC(N)Cc1cc(Br)ccc1N1CCOC(C)C1. The lowest BCUT2D eigenvalue weighted by molar-refractivity contribution is 0.0532. The van der Waals surface area contributed by atoms with Crippen molar-refractivity contribution in [2.24, 2.45) is 5.73 Å². The zero-order valence-electron chi connectivity index (χ0n) is 11.0. The number of ether oxygens (including phenoxy) is 1. The Hall–Kier alpha value is -0.580. The normalized spacial score (nSPS) is 22.0. The topological polar surface area (TPSA) is 38.5 Å². The van der Waals surface area contributed by atoms with Crippen molar-refractivity contribution in [3.8, 4) is 0 Å². The second-order valence-corrected chi connectivity index (χ2v) is 6.00. The maximum atomic E-state index is 5.94. The Morgan fingerprint density at radius 3 is 3.00 bits per heavy atom. The van der Waals surface area contributed by atoms with Crippen LogP contribution in [0.3, 0.4) is 0 Å². The maximum absolute atomic E-state index is 5.94. The Kier molecular flexibility index (Phi) is 4.65. The molecule has 4 heteroatoms. The van der Waals surface area contributed by atoms with E-state index in [2.05, 4.69) is 46.0 Å². The van der Waals surface area contributed by atoms with Gasteiger partial charge in [0.15, 0.2) is 0 Å². The number of hydrogen-bond donors (Lipinski definition) is 1.